The van der Waals surface area contributed by atoms with E-state index in [4.69, 9.17) is 0 Å². The number of piperidine rings is 1. The van der Waals surface area contributed by atoms with Crippen LogP contribution in [0.1, 0.15) is 44.2 Å². The minimum Gasteiger partial charge on any atom is -0.385 e. The van der Waals surface area contributed by atoms with Crippen molar-refractivity contribution in [2.45, 2.75) is 57.0 Å². The molecule has 2 nitrogen and oxygen atoms in total. The molecule has 3 atom stereocenters. The Balaban J connectivity index is 2.25. The lowest BCUT2D eigenvalue weighted by Gasteiger charge is -2.41. The summed E-state index contributed by atoms with van der Waals surface area (Å²) in [4.78, 5) is 0. The third-order valence-electron chi connectivity index (χ3n) is 3.99. The standard InChI is InChI=1S/C15H20F3NO/c1-3-13-9-14(20,8-10(2)19-13)11-4-6-12(7-5-11)15(16,17)18/h4-7,10,13,19-20H,3,8-9H2,1-2H3. The fraction of sp³-hybridized carbons (Fsp3) is 0.600. The molecule has 0 amide bonds. The zero-order chi connectivity index (χ0) is 15.0. The van der Waals surface area contributed by atoms with Crippen molar-refractivity contribution in [2.24, 2.45) is 0 Å². The molecule has 0 aromatic heterocycles. The number of hydrogen-bond donors (Lipinski definition) is 2. The maximum Gasteiger partial charge on any atom is 0.416 e. The van der Waals surface area contributed by atoms with Gasteiger partial charge in [0.15, 0.2) is 0 Å². The molecule has 1 aliphatic rings. The smallest absolute Gasteiger partial charge is 0.385 e. The first-order valence-corrected chi connectivity index (χ1v) is 6.91. The van der Waals surface area contributed by atoms with Gasteiger partial charge < -0.3 is 10.4 Å². The fourth-order valence-corrected chi connectivity index (χ4v) is 2.99. The van der Waals surface area contributed by atoms with Gasteiger partial charge in [0.05, 0.1) is 11.2 Å². The van der Waals surface area contributed by atoms with Crippen LogP contribution < -0.4 is 5.32 Å². The minimum atomic E-state index is -4.34. The highest BCUT2D eigenvalue weighted by molar-refractivity contribution is 5.29. The van der Waals surface area contributed by atoms with Crippen LogP contribution in [0.15, 0.2) is 24.3 Å². The van der Waals surface area contributed by atoms with Gasteiger partial charge in [0.2, 0.25) is 0 Å². The first-order chi connectivity index (χ1) is 9.24. The van der Waals surface area contributed by atoms with E-state index in [0.717, 1.165) is 18.6 Å². The number of rotatable bonds is 2. The van der Waals surface area contributed by atoms with E-state index in [1.165, 1.54) is 12.1 Å². The lowest BCUT2D eigenvalue weighted by molar-refractivity contribution is -0.137. The molecule has 1 saturated heterocycles. The van der Waals surface area contributed by atoms with E-state index in [0.29, 0.717) is 18.4 Å². The summed E-state index contributed by atoms with van der Waals surface area (Å²) in [5.41, 5.74) is -1.16. The van der Waals surface area contributed by atoms with Crippen molar-refractivity contribution in [3.05, 3.63) is 35.4 Å². The highest BCUT2D eigenvalue weighted by atomic mass is 19.4. The molecule has 1 heterocycles. The molecule has 1 aromatic rings. The quantitative estimate of drug-likeness (QED) is 0.873. The van der Waals surface area contributed by atoms with E-state index in [1.807, 2.05) is 13.8 Å². The first kappa shape index (κ1) is 15.3. The summed E-state index contributed by atoms with van der Waals surface area (Å²) in [6.07, 6.45) is -2.42. The Hall–Kier alpha value is -1.07. The van der Waals surface area contributed by atoms with Crippen LogP contribution in [-0.4, -0.2) is 17.2 Å². The maximum absolute atomic E-state index is 12.6. The molecule has 1 aliphatic heterocycles. The molecule has 1 fully saturated rings. The maximum atomic E-state index is 12.6. The van der Waals surface area contributed by atoms with Gasteiger partial charge in [-0.05, 0) is 43.9 Å². The Morgan fingerprint density at radius 2 is 1.85 bits per heavy atom. The molecule has 2 rings (SSSR count). The summed E-state index contributed by atoms with van der Waals surface area (Å²) in [5, 5.41) is 14.2. The Bertz CT molecular complexity index is 457. The van der Waals surface area contributed by atoms with Gasteiger partial charge in [0.1, 0.15) is 0 Å². The van der Waals surface area contributed by atoms with E-state index < -0.39 is 17.3 Å². The van der Waals surface area contributed by atoms with Crippen molar-refractivity contribution in [1.29, 1.82) is 0 Å². The van der Waals surface area contributed by atoms with Crippen LogP contribution in [0, 0.1) is 0 Å². The van der Waals surface area contributed by atoms with Crippen molar-refractivity contribution in [3.63, 3.8) is 0 Å². The SMILES string of the molecule is CCC1CC(O)(c2ccc(C(F)(F)F)cc2)CC(C)N1. The third-order valence-corrected chi connectivity index (χ3v) is 3.99. The van der Waals surface area contributed by atoms with Crippen LogP contribution in [0.3, 0.4) is 0 Å². The molecule has 5 heteroatoms. The second-order valence-electron chi connectivity index (χ2n) is 5.69. The van der Waals surface area contributed by atoms with E-state index >= 15 is 0 Å². The average molecular weight is 287 g/mol. The second-order valence-corrected chi connectivity index (χ2v) is 5.69. The van der Waals surface area contributed by atoms with Crippen molar-refractivity contribution >= 4 is 0 Å². The predicted octanol–water partition coefficient (Wildman–Crippen LogP) is 3.44. The number of benzene rings is 1. The number of hydrogen-bond acceptors (Lipinski definition) is 2. The van der Waals surface area contributed by atoms with Crippen LogP contribution >= 0.6 is 0 Å². The van der Waals surface area contributed by atoms with Crippen LogP contribution in [0.4, 0.5) is 13.2 Å². The van der Waals surface area contributed by atoms with Crippen LogP contribution in [0.25, 0.3) is 0 Å². The average Bonchev–Trinajstić information content (AvgIpc) is 2.37. The van der Waals surface area contributed by atoms with Gasteiger partial charge in [-0.3, -0.25) is 0 Å². The van der Waals surface area contributed by atoms with E-state index in [2.05, 4.69) is 5.32 Å². The fourth-order valence-electron chi connectivity index (χ4n) is 2.99. The van der Waals surface area contributed by atoms with Gasteiger partial charge in [-0.15, -0.1) is 0 Å². The Morgan fingerprint density at radius 3 is 2.35 bits per heavy atom. The summed E-state index contributed by atoms with van der Waals surface area (Å²) in [5.74, 6) is 0. The molecule has 20 heavy (non-hydrogen) atoms. The van der Waals surface area contributed by atoms with Gasteiger partial charge in [0, 0.05) is 12.1 Å². The molecule has 0 bridgehead atoms. The van der Waals surface area contributed by atoms with Gasteiger partial charge >= 0.3 is 6.18 Å². The molecule has 0 radical (unpaired) electrons. The Kier molecular flexibility index (Phi) is 4.12. The highest BCUT2D eigenvalue weighted by Crippen LogP contribution is 2.37. The van der Waals surface area contributed by atoms with Crippen molar-refractivity contribution in [2.75, 3.05) is 0 Å². The third kappa shape index (κ3) is 3.15. The van der Waals surface area contributed by atoms with Crippen molar-refractivity contribution in [1.82, 2.24) is 5.32 Å². The molecule has 0 aliphatic carbocycles. The van der Waals surface area contributed by atoms with Crippen molar-refractivity contribution in [3.8, 4) is 0 Å². The normalized spacial score (nSPS) is 31.3. The molecule has 3 unspecified atom stereocenters. The van der Waals surface area contributed by atoms with Crippen molar-refractivity contribution < 1.29 is 18.3 Å². The van der Waals surface area contributed by atoms with Gasteiger partial charge in [0.25, 0.3) is 0 Å². The Morgan fingerprint density at radius 1 is 1.25 bits per heavy atom. The van der Waals surface area contributed by atoms with Crippen LogP contribution in [-0.2, 0) is 11.8 Å². The molecular weight excluding hydrogens is 267 g/mol. The lowest BCUT2D eigenvalue weighted by Crippen LogP contribution is -2.50. The Labute approximate surface area is 117 Å². The lowest BCUT2D eigenvalue weighted by atomic mass is 9.78. The zero-order valence-electron chi connectivity index (χ0n) is 11.7. The summed E-state index contributed by atoms with van der Waals surface area (Å²) in [6.45, 7) is 4.01. The summed E-state index contributed by atoms with van der Waals surface area (Å²) in [7, 11) is 0. The predicted molar refractivity (Wildman–Crippen MR) is 71.3 cm³/mol. The van der Waals surface area contributed by atoms with Crippen LogP contribution in [0.5, 0.6) is 0 Å². The van der Waals surface area contributed by atoms with E-state index in [9.17, 15) is 18.3 Å². The summed E-state index contributed by atoms with van der Waals surface area (Å²) in [6, 6.07) is 5.20. The molecule has 0 saturated carbocycles. The molecular formula is C15H20F3NO. The molecule has 1 aromatic carbocycles. The number of halogens is 3. The zero-order valence-corrected chi connectivity index (χ0v) is 11.7. The second kappa shape index (κ2) is 5.37. The van der Waals surface area contributed by atoms with Gasteiger partial charge in [-0.25, -0.2) is 0 Å². The number of nitrogens with one attached hydrogen (secondary N) is 1. The van der Waals surface area contributed by atoms with Gasteiger partial charge in [-0.1, -0.05) is 19.1 Å². The number of alkyl halides is 3. The monoisotopic (exact) mass is 287 g/mol. The molecule has 0 spiro atoms. The van der Waals surface area contributed by atoms with Gasteiger partial charge in [-0.2, -0.15) is 13.2 Å². The number of aliphatic hydroxyl groups is 1. The summed E-state index contributed by atoms with van der Waals surface area (Å²) < 4.78 is 37.7. The van der Waals surface area contributed by atoms with E-state index in [-0.39, 0.29) is 12.1 Å². The largest absolute Gasteiger partial charge is 0.416 e. The first-order valence-electron chi connectivity index (χ1n) is 6.91. The molecule has 2 N–H and O–H groups in total. The summed E-state index contributed by atoms with van der Waals surface area (Å²) >= 11 is 0. The highest BCUT2D eigenvalue weighted by Gasteiger charge is 2.39. The van der Waals surface area contributed by atoms with Crippen LogP contribution in [0.2, 0.25) is 0 Å². The van der Waals surface area contributed by atoms with E-state index in [1.54, 1.807) is 0 Å². The molecule has 112 valence electrons. The topological polar surface area (TPSA) is 32.3 Å². The minimum absolute atomic E-state index is 0.140.